The molecule has 1 aliphatic rings. The van der Waals surface area contributed by atoms with Crippen molar-refractivity contribution in [2.45, 2.75) is 29.6 Å². The van der Waals surface area contributed by atoms with Crippen LogP contribution in [0.2, 0.25) is 0 Å². The fourth-order valence-corrected chi connectivity index (χ4v) is 6.85. The molecule has 0 N–H and O–H groups in total. The molecular weight excluding hydrogens is 534 g/mol. The van der Waals surface area contributed by atoms with Crippen molar-refractivity contribution < 1.29 is 35.8 Å². The van der Waals surface area contributed by atoms with Crippen LogP contribution in [0.3, 0.4) is 0 Å². The van der Waals surface area contributed by atoms with E-state index >= 15 is 17.6 Å². The highest BCUT2D eigenvalue weighted by atomic mass is 32.1. The van der Waals surface area contributed by atoms with Gasteiger partial charge in [0.15, 0.2) is 10.1 Å². The van der Waals surface area contributed by atoms with Crippen molar-refractivity contribution in [2.24, 2.45) is 0 Å². The number of rotatable bonds is 6. The molecule has 37 heavy (non-hydrogen) atoms. The molecule has 0 amide bonds. The molecule has 0 bridgehead atoms. The summed E-state index contributed by atoms with van der Waals surface area (Å²) in [5.74, 6) is -20.9. The van der Waals surface area contributed by atoms with Gasteiger partial charge in [-0.05, 0) is 23.3 Å². The van der Waals surface area contributed by atoms with E-state index in [0.29, 0.717) is 20.9 Å². The van der Waals surface area contributed by atoms with Crippen LogP contribution in [0.4, 0.5) is 26.3 Å². The van der Waals surface area contributed by atoms with Crippen LogP contribution in [-0.2, 0) is 0 Å². The minimum absolute atomic E-state index is 0.125. The van der Waals surface area contributed by atoms with Gasteiger partial charge in [-0.25, -0.2) is 0 Å². The van der Waals surface area contributed by atoms with Crippen molar-refractivity contribution in [2.75, 3.05) is 14.2 Å². The Balaban J connectivity index is 1.73. The number of benzene rings is 2. The molecule has 10 heteroatoms. The second kappa shape index (κ2) is 9.09. The van der Waals surface area contributed by atoms with Gasteiger partial charge in [-0.3, -0.25) is 0 Å². The van der Waals surface area contributed by atoms with Crippen molar-refractivity contribution >= 4 is 22.7 Å². The summed E-state index contributed by atoms with van der Waals surface area (Å²) in [4.78, 5) is 0.866. The monoisotopic (exact) mass is 554 g/mol. The first-order valence-electron chi connectivity index (χ1n) is 11.1. The van der Waals surface area contributed by atoms with Crippen molar-refractivity contribution in [3.05, 3.63) is 83.9 Å². The first-order chi connectivity index (χ1) is 17.5. The SMILES string of the molecule is COc1sc(-c2ccccc2)cc1C1C(c2cc(-c3ccccc3)sc2OC)C(F)(F)C(F)(F)C1(F)F. The van der Waals surface area contributed by atoms with Crippen LogP contribution in [0.5, 0.6) is 10.1 Å². The van der Waals surface area contributed by atoms with E-state index in [4.69, 9.17) is 9.47 Å². The van der Waals surface area contributed by atoms with Gasteiger partial charge in [-0.2, -0.15) is 26.3 Å². The van der Waals surface area contributed by atoms with Gasteiger partial charge < -0.3 is 9.47 Å². The quantitative estimate of drug-likeness (QED) is 0.222. The zero-order chi connectivity index (χ0) is 26.6. The first-order valence-corrected chi connectivity index (χ1v) is 12.8. The summed E-state index contributed by atoms with van der Waals surface area (Å²) >= 11 is 1.87. The number of hydrogen-bond acceptors (Lipinski definition) is 4. The van der Waals surface area contributed by atoms with Crippen LogP contribution in [0.25, 0.3) is 20.9 Å². The number of ether oxygens (including phenoxy) is 2. The highest BCUT2D eigenvalue weighted by molar-refractivity contribution is 7.17. The molecule has 0 saturated heterocycles. The smallest absolute Gasteiger partial charge is 0.373 e. The zero-order valence-corrected chi connectivity index (χ0v) is 21.1. The van der Waals surface area contributed by atoms with Crippen LogP contribution in [0.15, 0.2) is 72.8 Å². The normalized spacial score (nSPS) is 21.6. The molecule has 194 valence electrons. The van der Waals surface area contributed by atoms with Crippen LogP contribution in [0, 0.1) is 0 Å². The average molecular weight is 555 g/mol. The van der Waals surface area contributed by atoms with Crippen molar-refractivity contribution in [3.63, 3.8) is 0 Å². The first kappa shape index (κ1) is 25.7. The van der Waals surface area contributed by atoms with E-state index in [1.54, 1.807) is 60.7 Å². The summed E-state index contributed by atoms with van der Waals surface area (Å²) < 4.78 is 102. The van der Waals surface area contributed by atoms with Crippen LogP contribution in [-0.4, -0.2) is 32.0 Å². The molecule has 2 aromatic heterocycles. The Kier molecular flexibility index (Phi) is 6.31. The van der Waals surface area contributed by atoms with E-state index < -0.39 is 40.7 Å². The summed E-state index contributed by atoms with van der Waals surface area (Å²) in [6.45, 7) is 0. The molecular formula is C27H20F6O2S2. The number of thiophene rings is 2. The van der Waals surface area contributed by atoms with E-state index in [2.05, 4.69) is 0 Å². The van der Waals surface area contributed by atoms with Gasteiger partial charge in [-0.15, -0.1) is 0 Å². The predicted molar refractivity (Wildman–Crippen MR) is 133 cm³/mol. The lowest BCUT2D eigenvalue weighted by molar-refractivity contribution is -0.275. The molecule has 0 aliphatic heterocycles. The largest absolute Gasteiger partial charge is 0.487 e. The number of hydrogen-bond donors (Lipinski definition) is 0. The van der Waals surface area contributed by atoms with Crippen molar-refractivity contribution in [3.8, 4) is 31.0 Å². The summed E-state index contributed by atoms with van der Waals surface area (Å²) in [6, 6.07) is 19.7. The van der Waals surface area contributed by atoms with Gasteiger partial charge in [0, 0.05) is 20.9 Å². The fraction of sp³-hybridized carbons (Fsp3) is 0.259. The lowest BCUT2D eigenvalue weighted by Gasteiger charge is -2.25. The zero-order valence-electron chi connectivity index (χ0n) is 19.5. The van der Waals surface area contributed by atoms with Crippen molar-refractivity contribution in [1.29, 1.82) is 0 Å². The van der Waals surface area contributed by atoms with E-state index in [1.165, 1.54) is 26.4 Å². The molecule has 2 atom stereocenters. The maximum absolute atomic E-state index is 15.5. The fourth-order valence-electron chi connectivity index (χ4n) is 4.80. The topological polar surface area (TPSA) is 18.5 Å². The number of alkyl halides is 6. The minimum Gasteiger partial charge on any atom is -0.487 e. The molecule has 1 saturated carbocycles. The van der Waals surface area contributed by atoms with Gasteiger partial charge in [0.1, 0.15) is 0 Å². The van der Waals surface area contributed by atoms with E-state index in [9.17, 15) is 8.78 Å². The highest BCUT2D eigenvalue weighted by Crippen LogP contribution is 2.71. The maximum atomic E-state index is 15.5. The van der Waals surface area contributed by atoms with E-state index in [1.807, 2.05) is 0 Å². The van der Waals surface area contributed by atoms with Crippen LogP contribution in [0.1, 0.15) is 23.0 Å². The third-order valence-electron chi connectivity index (χ3n) is 6.56. The Morgan fingerprint density at radius 1 is 0.595 bits per heavy atom. The molecule has 5 rings (SSSR count). The summed E-state index contributed by atoms with van der Waals surface area (Å²) in [5.41, 5.74) is 0.446. The highest BCUT2D eigenvalue weighted by Gasteiger charge is 2.85. The minimum atomic E-state index is -5.62. The molecule has 0 spiro atoms. The van der Waals surface area contributed by atoms with Gasteiger partial charge >= 0.3 is 17.8 Å². The molecule has 2 heterocycles. The molecule has 4 aromatic rings. The lowest BCUT2D eigenvalue weighted by atomic mass is 9.83. The second-order valence-electron chi connectivity index (χ2n) is 8.62. The second-order valence-corrected chi connectivity index (χ2v) is 10.7. The summed E-state index contributed by atoms with van der Waals surface area (Å²) in [7, 11) is 2.39. The maximum Gasteiger partial charge on any atom is 0.373 e. The molecule has 0 radical (unpaired) electrons. The van der Waals surface area contributed by atoms with Gasteiger partial charge in [0.25, 0.3) is 0 Å². The van der Waals surface area contributed by atoms with E-state index in [0.717, 1.165) is 22.7 Å². The Morgan fingerprint density at radius 2 is 0.946 bits per heavy atom. The number of halogens is 6. The standard InChI is InChI=1S/C27H20F6O2S2/c1-34-23-17(13-19(36-23)15-9-5-3-6-10-15)21-22(26(30,31)27(32,33)25(21,28)29)18-14-20(37-24(18)35-2)16-11-7-4-8-12-16/h3-14,21-22H,1-2H3. The molecule has 1 aliphatic carbocycles. The Bertz CT molecular complexity index is 1290. The molecule has 2 unspecified atom stereocenters. The van der Waals surface area contributed by atoms with Crippen LogP contribution < -0.4 is 9.47 Å². The van der Waals surface area contributed by atoms with Gasteiger partial charge in [-0.1, -0.05) is 83.3 Å². The average Bonchev–Trinajstić information content (AvgIpc) is 3.54. The van der Waals surface area contributed by atoms with Gasteiger partial charge in [0.2, 0.25) is 0 Å². The third kappa shape index (κ3) is 3.84. The van der Waals surface area contributed by atoms with Gasteiger partial charge in [0.05, 0.1) is 26.1 Å². The predicted octanol–water partition coefficient (Wildman–Crippen LogP) is 8.95. The summed E-state index contributed by atoms with van der Waals surface area (Å²) in [6.07, 6.45) is 0. The Labute approximate surface area is 217 Å². The molecule has 1 fully saturated rings. The van der Waals surface area contributed by atoms with Crippen LogP contribution >= 0.6 is 22.7 Å². The third-order valence-corrected chi connectivity index (χ3v) is 8.88. The Hall–Kier alpha value is -2.98. The van der Waals surface area contributed by atoms with Crippen molar-refractivity contribution in [1.82, 2.24) is 0 Å². The lowest BCUT2D eigenvalue weighted by Crippen LogP contribution is -2.48. The molecule has 2 aromatic carbocycles. The van der Waals surface area contributed by atoms with E-state index in [-0.39, 0.29) is 10.1 Å². The molecule has 2 nitrogen and oxygen atoms in total. The Morgan fingerprint density at radius 3 is 1.27 bits per heavy atom. The number of methoxy groups -OCH3 is 2. The summed E-state index contributed by atoms with van der Waals surface area (Å²) in [5, 5.41) is -0.251.